The van der Waals surface area contributed by atoms with Gasteiger partial charge in [-0.05, 0) is 73.8 Å². The van der Waals surface area contributed by atoms with Crippen LogP contribution in [-0.2, 0) is 10.8 Å². The molecule has 0 atom stereocenters. The van der Waals surface area contributed by atoms with Crippen molar-refractivity contribution in [3.05, 3.63) is 156 Å². The van der Waals surface area contributed by atoms with Crippen LogP contribution in [0.1, 0.15) is 49.9 Å². The summed E-state index contributed by atoms with van der Waals surface area (Å²) in [5.74, 6) is 2.03. The first-order chi connectivity index (χ1) is 24.9. The van der Waals surface area contributed by atoms with Gasteiger partial charge in [0.15, 0.2) is 17.5 Å². The van der Waals surface area contributed by atoms with Crippen LogP contribution in [-0.4, -0.2) is 23.0 Å². The van der Waals surface area contributed by atoms with E-state index >= 15 is 0 Å². The molecule has 0 amide bonds. The van der Waals surface area contributed by atoms with E-state index in [4.69, 9.17) is 15.0 Å². The Kier molecular flexibility index (Phi) is 7.19. The molecule has 9 rings (SSSR count). The first kappa shape index (κ1) is 32.5. The number of hydrogen-bond donors (Lipinski definition) is 0. The minimum Gasteiger partial charge on any atom is -0.208 e. The largest absolute Gasteiger partial charge is 0.208 e. The molecule has 0 saturated heterocycles. The van der Waals surface area contributed by atoms with Crippen LogP contribution in [0.25, 0.3) is 67.5 Å². The molecule has 1 heterocycles. The molecule has 0 bridgehead atoms. The van der Waals surface area contributed by atoms with Crippen LogP contribution < -0.4 is 5.19 Å². The normalized spacial score (nSPS) is 14.8. The molecule has 0 aliphatic heterocycles. The summed E-state index contributed by atoms with van der Waals surface area (Å²) in [6.07, 6.45) is 0. The van der Waals surface area contributed by atoms with Gasteiger partial charge in [-0.15, -0.1) is 0 Å². The second-order valence-corrected chi connectivity index (χ2v) is 21.7. The fraction of sp³-hybridized carbons (Fsp3) is 0.188. The van der Waals surface area contributed by atoms with E-state index in [1.54, 1.807) is 0 Å². The Morgan fingerprint density at radius 2 is 0.712 bits per heavy atom. The van der Waals surface area contributed by atoms with Gasteiger partial charge in [0.05, 0.1) is 8.07 Å². The summed E-state index contributed by atoms with van der Waals surface area (Å²) in [4.78, 5) is 15.0. The fourth-order valence-corrected chi connectivity index (χ4v) is 9.54. The van der Waals surface area contributed by atoms with Crippen LogP contribution in [0.15, 0.2) is 133 Å². The lowest BCUT2D eigenvalue weighted by Gasteiger charge is -2.25. The molecule has 7 aromatic rings. The molecule has 2 aliphatic carbocycles. The van der Waals surface area contributed by atoms with Gasteiger partial charge in [-0.2, -0.15) is 0 Å². The summed E-state index contributed by atoms with van der Waals surface area (Å²) in [6.45, 7) is 16.8. The molecule has 4 heteroatoms. The minimum atomic E-state index is -1.42. The van der Waals surface area contributed by atoms with Gasteiger partial charge in [-0.1, -0.05) is 168 Å². The summed E-state index contributed by atoms with van der Waals surface area (Å²) in [6, 6.07) is 48.5. The average molecular weight is 690 g/mol. The van der Waals surface area contributed by atoms with Crippen molar-refractivity contribution in [1.29, 1.82) is 0 Å². The van der Waals surface area contributed by atoms with Crippen LogP contribution in [0.2, 0.25) is 19.6 Å². The maximum Gasteiger partial charge on any atom is 0.164 e. The van der Waals surface area contributed by atoms with Crippen molar-refractivity contribution in [2.45, 2.75) is 58.2 Å². The van der Waals surface area contributed by atoms with Gasteiger partial charge in [-0.25, -0.2) is 15.0 Å². The highest BCUT2D eigenvalue weighted by Gasteiger charge is 2.38. The maximum absolute atomic E-state index is 5.03. The Hall–Kier alpha value is -5.45. The highest BCUT2D eigenvalue weighted by Crippen LogP contribution is 2.52. The van der Waals surface area contributed by atoms with Crippen molar-refractivity contribution < 1.29 is 0 Å². The lowest BCUT2D eigenvalue weighted by atomic mass is 9.80. The predicted octanol–water partition coefficient (Wildman–Crippen LogP) is 11.7. The zero-order valence-electron chi connectivity index (χ0n) is 31.0. The molecule has 254 valence electrons. The van der Waals surface area contributed by atoms with E-state index < -0.39 is 8.07 Å². The molecular formula is C48H43N3Si. The second-order valence-electron chi connectivity index (χ2n) is 16.6. The Morgan fingerprint density at radius 1 is 0.365 bits per heavy atom. The van der Waals surface area contributed by atoms with Gasteiger partial charge in [-0.3, -0.25) is 0 Å². The monoisotopic (exact) mass is 689 g/mol. The van der Waals surface area contributed by atoms with Crippen LogP contribution in [0, 0.1) is 0 Å². The average Bonchev–Trinajstić information content (AvgIpc) is 3.53. The quantitative estimate of drug-likeness (QED) is 0.169. The topological polar surface area (TPSA) is 38.7 Å². The van der Waals surface area contributed by atoms with E-state index in [2.05, 4.69) is 144 Å². The first-order valence-electron chi connectivity index (χ1n) is 18.4. The van der Waals surface area contributed by atoms with Crippen molar-refractivity contribution in [3.63, 3.8) is 0 Å². The zero-order chi connectivity index (χ0) is 36.0. The molecule has 52 heavy (non-hydrogen) atoms. The third-order valence-electron chi connectivity index (χ3n) is 11.5. The summed E-state index contributed by atoms with van der Waals surface area (Å²) < 4.78 is 0. The van der Waals surface area contributed by atoms with E-state index in [9.17, 15) is 0 Å². The molecule has 2 aliphatic rings. The van der Waals surface area contributed by atoms with Crippen LogP contribution in [0.3, 0.4) is 0 Å². The van der Waals surface area contributed by atoms with Crippen LogP contribution in [0.4, 0.5) is 0 Å². The molecule has 0 fully saturated rings. The van der Waals surface area contributed by atoms with Crippen molar-refractivity contribution >= 4 is 13.3 Å². The zero-order valence-corrected chi connectivity index (χ0v) is 32.0. The molecule has 0 saturated carbocycles. The molecule has 0 spiro atoms. The first-order valence-corrected chi connectivity index (χ1v) is 21.9. The van der Waals surface area contributed by atoms with Crippen molar-refractivity contribution in [1.82, 2.24) is 15.0 Å². The third-order valence-corrected chi connectivity index (χ3v) is 13.6. The molecule has 1 aromatic heterocycles. The maximum atomic E-state index is 5.03. The Morgan fingerprint density at radius 3 is 1.13 bits per heavy atom. The summed E-state index contributed by atoms with van der Waals surface area (Å²) in [5.41, 5.74) is 16.1. The molecule has 0 unspecified atom stereocenters. The Bertz CT molecular complexity index is 2490. The Balaban J connectivity index is 1.09. The predicted molar refractivity (Wildman–Crippen MR) is 220 cm³/mol. The lowest BCUT2D eigenvalue weighted by molar-refractivity contribution is 0.660. The number of nitrogens with zero attached hydrogens (tertiary/aromatic N) is 3. The smallest absolute Gasteiger partial charge is 0.164 e. The van der Waals surface area contributed by atoms with Crippen molar-refractivity contribution in [2.75, 3.05) is 0 Å². The number of rotatable bonds is 5. The van der Waals surface area contributed by atoms with Crippen LogP contribution in [0.5, 0.6) is 0 Å². The molecule has 0 N–H and O–H groups in total. The number of aromatic nitrogens is 3. The van der Waals surface area contributed by atoms with Gasteiger partial charge in [0.25, 0.3) is 0 Å². The van der Waals surface area contributed by atoms with E-state index in [0.29, 0.717) is 17.5 Å². The summed E-state index contributed by atoms with van der Waals surface area (Å²) in [7, 11) is -1.42. The van der Waals surface area contributed by atoms with Gasteiger partial charge < -0.3 is 0 Å². The highest BCUT2D eigenvalue weighted by atomic mass is 28.3. The second kappa shape index (κ2) is 11.5. The summed E-state index contributed by atoms with van der Waals surface area (Å²) in [5, 5.41) is 1.53. The number of fused-ring (bicyclic) bond motifs is 6. The van der Waals surface area contributed by atoms with Crippen LogP contribution >= 0.6 is 0 Å². The molecule has 0 radical (unpaired) electrons. The highest BCUT2D eigenvalue weighted by molar-refractivity contribution is 6.88. The SMILES string of the molecule is CC1(C)c2cc(-c3ccc4c(c3)C(C)(C)c3cc([Si](C)(C)C)ccc3-4)ccc2-c2ccc(-c3nc(-c4ccccc4)nc(-c4ccccc4)n3)cc21. The Labute approximate surface area is 308 Å². The minimum absolute atomic E-state index is 0.0469. The number of benzene rings is 6. The van der Waals surface area contributed by atoms with E-state index in [1.165, 1.54) is 60.8 Å². The fourth-order valence-electron chi connectivity index (χ4n) is 8.38. The third kappa shape index (κ3) is 5.11. The molecular weight excluding hydrogens is 647 g/mol. The van der Waals surface area contributed by atoms with Crippen molar-refractivity contribution in [2.24, 2.45) is 0 Å². The standard InChI is InChI=1S/C48H43N3Si/c1-47(2)40-26-32(33-19-23-37-39-25-21-35(52(5,6)7)29-43(39)48(3,4)41(37)27-33)18-22-36(40)38-24-20-34(28-42(38)47)46-50-44(30-14-10-8-11-15-30)49-45(51-46)31-16-12-9-13-17-31/h8-29H,1-7H3. The lowest BCUT2D eigenvalue weighted by Crippen LogP contribution is -2.38. The summed E-state index contributed by atoms with van der Waals surface area (Å²) >= 11 is 0. The van der Waals surface area contributed by atoms with Gasteiger partial charge in [0, 0.05) is 27.5 Å². The molecule has 6 aromatic carbocycles. The molecule has 3 nitrogen and oxygen atoms in total. The van der Waals surface area contributed by atoms with Gasteiger partial charge in [0.2, 0.25) is 0 Å². The van der Waals surface area contributed by atoms with E-state index in [-0.39, 0.29) is 10.8 Å². The van der Waals surface area contributed by atoms with E-state index in [1.807, 2.05) is 36.4 Å². The van der Waals surface area contributed by atoms with E-state index in [0.717, 1.165) is 16.7 Å². The number of hydrogen-bond acceptors (Lipinski definition) is 3. The van der Waals surface area contributed by atoms with Crippen molar-refractivity contribution in [3.8, 4) is 67.5 Å². The van der Waals surface area contributed by atoms with Gasteiger partial charge in [0.1, 0.15) is 0 Å². The van der Waals surface area contributed by atoms with Gasteiger partial charge >= 0.3 is 0 Å².